The van der Waals surface area contributed by atoms with Gasteiger partial charge in [-0.05, 0) is 50.2 Å². The first kappa shape index (κ1) is 16.5. The van der Waals surface area contributed by atoms with Crippen molar-refractivity contribution in [3.63, 3.8) is 0 Å². The Morgan fingerprint density at radius 1 is 1.11 bits per heavy atom. The number of fused-ring (bicyclic) bond motifs is 5. The first-order valence-electron chi connectivity index (χ1n) is 9.77. The van der Waals surface area contributed by atoms with Gasteiger partial charge in [0.05, 0.1) is 5.56 Å². The van der Waals surface area contributed by atoms with Crippen LogP contribution in [0.1, 0.15) is 51.4 Å². The van der Waals surface area contributed by atoms with Gasteiger partial charge >= 0.3 is 0 Å². The summed E-state index contributed by atoms with van der Waals surface area (Å²) in [6, 6.07) is 3.65. The SMILES string of the molecule is O=C(c1cccnc1)N1C[C@@H]2CC[C@H](C1)N(C(=O)c1n[nH]c3c1CCC3)C2. The van der Waals surface area contributed by atoms with E-state index in [0.717, 1.165) is 43.4 Å². The quantitative estimate of drug-likeness (QED) is 0.878. The molecule has 7 heteroatoms. The van der Waals surface area contributed by atoms with Crippen LogP contribution in [0.5, 0.6) is 0 Å². The van der Waals surface area contributed by atoms with Gasteiger partial charge in [0.1, 0.15) is 0 Å². The summed E-state index contributed by atoms with van der Waals surface area (Å²) in [5, 5.41) is 7.37. The maximum absolute atomic E-state index is 13.2. The standard InChI is InChI=1S/C20H23N5O2/c26-19(14-3-2-8-21-9-14)24-10-13-6-7-15(12-24)25(11-13)20(27)18-16-4-1-5-17(16)22-23-18/h2-3,8-9,13,15H,1,4-7,10-12H2,(H,22,23)/t13-,15+/m0/s1. The number of hydrogen-bond donors (Lipinski definition) is 1. The lowest BCUT2D eigenvalue weighted by molar-refractivity contribution is 0.0567. The Hall–Kier alpha value is -2.70. The number of amides is 2. The van der Waals surface area contributed by atoms with E-state index in [1.807, 2.05) is 9.80 Å². The zero-order valence-electron chi connectivity index (χ0n) is 15.2. The van der Waals surface area contributed by atoms with Crippen LogP contribution in [0.15, 0.2) is 24.5 Å². The molecule has 140 valence electrons. The number of pyridine rings is 1. The van der Waals surface area contributed by atoms with E-state index in [1.54, 1.807) is 24.5 Å². The van der Waals surface area contributed by atoms with Crippen molar-refractivity contribution < 1.29 is 9.59 Å². The monoisotopic (exact) mass is 365 g/mol. The lowest BCUT2D eigenvalue weighted by Gasteiger charge is -2.35. The topological polar surface area (TPSA) is 82.2 Å². The third-order valence-electron chi connectivity index (χ3n) is 6.18. The zero-order valence-corrected chi connectivity index (χ0v) is 15.2. The van der Waals surface area contributed by atoms with E-state index in [0.29, 0.717) is 36.8 Å². The minimum absolute atomic E-state index is 0.00922. The van der Waals surface area contributed by atoms with Crippen molar-refractivity contribution in [3.05, 3.63) is 47.0 Å². The molecule has 0 aromatic carbocycles. The summed E-state index contributed by atoms with van der Waals surface area (Å²) >= 11 is 0. The Morgan fingerprint density at radius 3 is 2.89 bits per heavy atom. The molecule has 1 aliphatic carbocycles. The lowest BCUT2D eigenvalue weighted by Crippen LogP contribution is -2.48. The van der Waals surface area contributed by atoms with Crippen LogP contribution in [0.2, 0.25) is 0 Å². The minimum atomic E-state index is 0.00922. The maximum Gasteiger partial charge on any atom is 0.274 e. The van der Waals surface area contributed by atoms with Gasteiger partial charge in [-0.1, -0.05) is 0 Å². The molecule has 3 saturated heterocycles. The Morgan fingerprint density at radius 2 is 2.04 bits per heavy atom. The van der Waals surface area contributed by atoms with E-state index in [9.17, 15) is 9.59 Å². The van der Waals surface area contributed by atoms with E-state index in [-0.39, 0.29) is 17.9 Å². The van der Waals surface area contributed by atoms with Crippen LogP contribution in [0.25, 0.3) is 0 Å². The molecule has 2 aromatic rings. The van der Waals surface area contributed by atoms with Crippen molar-refractivity contribution in [3.8, 4) is 0 Å². The second kappa shape index (κ2) is 6.48. The summed E-state index contributed by atoms with van der Waals surface area (Å²) < 4.78 is 0. The first-order chi connectivity index (χ1) is 13.2. The summed E-state index contributed by atoms with van der Waals surface area (Å²) in [7, 11) is 0. The molecule has 3 fully saturated rings. The van der Waals surface area contributed by atoms with E-state index >= 15 is 0 Å². The van der Waals surface area contributed by atoms with E-state index in [2.05, 4.69) is 15.2 Å². The average Bonchev–Trinajstić information content (AvgIpc) is 3.21. The molecule has 2 atom stereocenters. The van der Waals surface area contributed by atoms with Crippen molar-refractivity contribution in [1.29, 1.82) is 0 Å². The number of aromatic amines is 1. The summed E-state index contributed by atoms with van der Waals surface area (Å²) in [4.78, 5) is 34.1. The molecule has 0 radical (unpaired) electrons. The van der Waals surface area contributed by atoms with Crippen LogP contribution in [0.4, 0.5) is 0 Å². The number of rotatable bonds is 2. The molecule has 0 spiro atoms. The Balaban J connectivity index is 1.38. The van der Waals surface area contributed by atoms with Crippen LogP contribution < -0.4 is 0 Å². The summed E-state index contributed by atoms with van der Waals surface area (Å²) in [5.74, 6) is 0.357. The molecule has 6 rings (SSSR count). The largest absolute Gasteiger partial charge is 0.336 e. The molecule has 4 aliphatic rings. The molecule has 2 bridgehead atoms. The van der Waals surface area contributed by atoms with Gasteiger partial charge in [-0.25, -0.2) is 0 Å². The van der Waals surface area contributed by atoms with Gasteiger partial charge in [0.2, 0.25) is 0 Å². The predicted octanol–water partition coefficient (Wildman–Crippen LogP) is 1.67. The van der Waals surface area contributed by atoms with Crippen LogP contribution in [0, 0.1) is 5.92 Å². The number of piperidine rings is 1. The molecular formula is C20H23N5O2. The van der Waals surface area contributed by atoms with Gasteiger partial charge in [-0.3, -0.25) is 19.7 Å². The van der Waals surface area contributed by atoms with Gasteiger partial charge in [-0.2, -0.15) is 5.10 Å². The van der Waals surface area contributed by atoms with E-state index in [4.69, 9.17) is 0 Å². The highest BCUT2D eigenvalue weighted by Crippen LogP contribution is 2.31. The van der Waals surface area contributed by atoms with Crippen LogP contribution >= 0.6 is 0 Å². The van der Waals surface area contributed by atoms with Gasteiger partial charge in [0, 0.05) is 49.3 Å². The predicted molar refractivity (Wildman–Crippen MR) is 98.3 cm³/mol. The highest BCUT2D eigenvalue weighted by Gasteiger charge is 2.40. The molecule has 0 saturated carbocycles. The van der Waals surface area contributed by atoms with Crippen molar-refractivity contribution >= 4 is 11.8 Å². The molecule has 0 unspecified atom stereocenters. The molecular weight excluding hydrogens is 342 g/mol. The molecule has 7 nitrogen and oxygen atoms in total. The van der Waals surface area contributed by atoms with Crippen molar-refractivity contribution in [2.75, 3.05) is 19.6 Å². The normalized spacial score (nSPS) is 24.0. The number of nitrogens with zero attached hydrogens (tertiary/aromatic N) is 4. The summed E-state index contributed by atoms with van der Waals surface area (Å²) in [6.45, 7) is 2.00. The Labute approximate surface area is 157 Å². The number of nitrogens with one attached hydrogen (secondary N) is 1. The molecule has 2 aromatic heterocycles. The maximum atomic E-state index is 13.2. The van der Waals surface area contributed by atoms with Gasteiger partial charge in [0.25, 0.3) is 11.8 Å². The van der Waals surface area contributed by atoms with Crippen molar-refractivity contribution in [2.24, 2.45) is 5.92 Å². The number of aryl methyl sites for hydroxylation is 1. The minimum Gasteiger partial charge on any atom is -0.336 e. The smallest absolute Gasteiger partial charge is 0.274 e. The highest BCUT2D eigenvalue weighted by atomic mass is 16.2. The number of H-pyrrole nitrogens is 1. The van der Waals surface area contributed by atoms with Crippen molar-refractivity contribution in [2.45, 2.75) is 38.1 Å². The van der Waals surface area contributed by atoms with Crippen LogP contribution in [-0.2, 0) is 12.8 Å². The van der Waals surface area contributed by atoms with Gasteiger partial charge < -0.3 is 9.80 Å². The third-order valence-corrected chi connectivity index (χ3v) is 6.18. The van der Waals surface area contributed by atoms with Gasteiger partial charge in [0.15, 0.2) is 5.69 Å². The number of aromatic nitrogens is 3. The second-order valence-electron chi connectivity index (χ2n) is 7.89. The number of hydrogen-bond acceptors (Lipinski definition) is 4. The molecule has 3 aliphatic heterocycles. The fourth-order valence-electron chi connectivity index (χ4n) is 4.80. The van der Waals surface area contributed by atoms with Crippen LogP contribution in [-0.4, -0.2) is 62.5 Å². The number of carbonyl (C=O) groups is 2. The van der Waals surface area contributed by atoms with E-state index in [1.165, 1.54) is 0 Å². The van der Waals surface area contributed by atoms with E-state index < -0.39 is 0 Å². The Kier molecular flexibility index (Phi) is 3.95. The molecule has 1 N–H and O–H groups in total. The Bertz CT molecular complexity index is 878. The fraction of sp³-hybridized carbons (Fsp3) is 0.500. The average molecular weight is 365 g/mol. The van der Waals surface area contributed by atoms with Crippen LogP contribution in [0.3, 0.4) is 0 Å². The van der Waals surface area contributed by atoms with Gasteiger partial charge in [-0.15, -0.1) is 0 Å². The summed E-state index contributed by atoms with van der Waals surface area (Å²) in [6.07, 6.45) is 8.29. The number of carbonyl (C=O) groups excluding carboxylic acids is 2. The third kappa shape index (κ3) is 2.81. The highest BCUT2D eigenvalue weighted by molar-refractivity contribution is 5.95. The lowest BCUT2D eigenvalue weighted by atomic mass is 9.94. The molecule has 2 amide bonds. The second-order valence-corrected chi connectivity index (χ2v) is 7.89. The van der Waals surface area contributed by atoms with Crippen molar-refractivity contribution in [1.82, 2.24) is 25.0 Å². The zero-order chi connectivity index (χ0) is 18.4. The molecule has 5 heterocycles. The fourth-order valence-corrected chi connectivity index (χ4v) is 4.80. The first-order valence-corrected chi connectivity index (χ1v) is 9.77. The molecule has 27 heavy (non-hydrogen) atoms. The summed E-state index contributed by atoms with van der Waals surface area (Å²) in [5.41, 5.74) is 3.43.